The molecule has 3 amide bonds. The first kappa shape index (κ1) is 19.1. The average Bonchev–Trinajstić information content (AvgIpc) is 2.98. The van der Waals surface area contributed by atoms with Crippen LogP contribution in [0.2, 0.25) is 0 Å². The molecule has 29 heavy (non-hydrogen) atoms. The molecule has 2 heterocycles. The third-order valence-corrected chi connectivity index (χ3v) is 6.70. The Labute approximate surface area is 168 Å². The Balaban J connectivity index is 1.58. The summed E-state index contributed by atoms with van der Waals surface area (Å²) in [5.41, 5.74) is 1.94. The zero-order valence-electron chi connectivity index (χ0n) is 15.6. The van der Waals surface area contributed by atoms with E-state index >= 15 is 0 Å². The Hall–Kier alpha value is -3.20. The van der Waals surface area contributed by atoms with Crippen molar-refractivity contribution in [3.05, 3.63) is 59.2 Å². The van der Waals surface area contributed by atoms with Crippen LogP contribution < -0.4 is 10.0 Å². The number of nitrogens with one attached hydrogen (secondary N) is 2. The molecule has 0 radical (unpaired) electrons. The van der Waals surface area contributed by atoms with Crippen molar-refractivity contribution in [1.82, 2.24) is 10.2 Å². The normalized spacial score (nSPS) is 19.1. The summed E-state index contributed by atoms with van der Waals surface area (Å²) in [6.45, 7) is 1.95. The molecule has 8 nitrogen and oxygen atoms in total. The van der Waals surface area contributed by atoms with Gasteiger partial charge < -0.3 is 4.90 Å². The highest BCUT2D eigenvalue weighted by Gasteiger charge is 2.39. The molecule has 1 fully saturated rings. The Morgan fingerprint density at radius 1 is 1.10 bits per heavy atom. The highest BCUT2D eigenvalue weighted by atomic mass is 32.2. The van der Waals surface area contributed by atoms with Crippen LogP contribution >= 0.6 is 0 Å². The van der Waals surface area contributed by atoms with Crippen LogP contribution in [0.15, 0.2) is 47.4 Å². The van der Waals surface area contributed by atoms with E-state index in [4.69, 9.17) is 0 Å². The molecule has 0 aromatic heterocycles. The summed E-state index contributed by atoms with van der Waals surface area (Å²) in [5.74, 6) is -1.18. The van der Waals surface area contributed by atoms with E-state index in [0.29, 0.717) is 16.7 Å². The zero-order chi connectivity index (χ0) is 20.8. The molecule has 4 rings (SSSR count). The van der Waals surface area contributed by atoms with Crippen LogP contribution in [0.4, 0.5) is 5.69 Å². The maximum absolute atomic E-state index is 12.8. The zero-order valence-corrected chi connectivity index (χ0v) is 16.5. The van der Waals surface area contributed by atoms with E-state index in [1.165, 1.54) is 17.0 Å². The predicted octanol–water partition coefficient (Wildman–Crippen LogP) is 1.56. The number of hydrogen-bond acceptors (Lipinski definition) is 5. The monoisotopic (exact) mass is 413 g/mol. The van der Waals surface area contributed by atoms with Crippen molar-refractivity contribution in [3.63, 3.8) is 0 Å². The molecule has 2 aliphatic heterocycles. The molecule has 2 aromatic rings. The fourth-order valence-electron chi connectivity index (χ4n) is 3.69. The molecule has 1 saturated heterocycles. The summed E-state index contributed by atoms with van der Waals surface area (Å²) in [6, 6.07) is 10.7. The van der Waals surface area contributed by atoms with Crippen molar-refractivity contribution in [3.8, 4) is 0 Å². The molecule has 0 aliphatic carbocycles. The van der Waals surface area contributed by atoms with E-state index in [-0.39, 0.29) is 41.8 Å². The molecule has 2 N–H and O–H groups in total. The number of fused-ring (bicyclic) bond motifs is 1. The van der Waals surface area contributed by atoms with Gasteiger partial charge in [0.2, 0.25) is 11.8 Å². The lowest BCUT2D eigenvalue weighted by Crippen LogP contribution is -2.52. The second-order valence-corrected chi connectivity index (χ2v) is 8.79. The summed E-state index contributed by atoms with van der Waals surface area (Å²) in [4.78, 5) is 37.9. The first-order valence-electron chi connectivity index (χ1n) is 9.12. The van der Waals surface area contributed by atoms with Gasteiger partial charge in [-0.1, -0.05) is 24.3 Å². The lowest BCUT2D eigenvalue weighted by Gasteiger charge is -2.29. The Morgan fingerprint density at radius 3 is 2.59 bits per heavy atom. The van der Waals surface area contributed by atoms with Crippen molar-refractivity contribution in [2.75, 3.05) is 4.72 Å². The molecule has 0 saturated carbocycles. The van der Waals surface area contributed by atoms with Gasteiger partial charge in [0.15, 0.2) is 0 Å². The van der Waals surface area contributed by atoms with Gasteiger partial charge in [-0.3, -0.25) is 24.4 Å². The smallest absolute Gasteiger partial charge is 0.262 e. The summed E-state index contributed by atoms with van der Waals surface area (Å²) >= 11 is 0. The summed E-state index contributed by atoms with van der Waals surface area (Å²) in [5, 5.41) is 2.26. The molecule has 0 spiro atoms. The number of hydrogen-bond donors (Lipinski definition) is 2. The van der Waals surface area contributed by atoms with Gasteiger partial charge in [0.25, 0.3) is 15.9 Å². The van der Waals surface area contributed by atoms with Crippen molar-refractivity contribution in [2.24, 2.45) is 0 Å². The maximum atomic E-state index is 12.8. The van der Waals surface area contributed by atoms with Gasteiger partial charge in [0, 0.05) is 24.2 Å². The Bertz CT molecular complexity index is 1140. The number of aryl methyl sites for hydroxylation is 1. The van der Waals surface area contributed by atoms with E-state index in [0.717, 1.165) is 0 Å². The van der Waals surface area contributed by atoms with Gasteiger partial charge in [-0.25, -0.2) is 8.42 Å². The summed E-state index contributed by atoms with van der Waals surface area (Å²) in [6.07, 6.45) is 0.454. The minimum atomic E-state index is -3.80. The van der Waals surface area contributed by atoms with Crippen molar-refractivity contribution >= 4 is 33.4 Å². The predicted molar refractivity (Wildman–Crippen MR) is 104 cm³/mol. The molecule has 2 aliphatic rings. The summed E-state index contributed by atoms with van der Waals surface area (Å²) in [7, 11) is -3.80. The third kappa shape index (κ3) is 3.49. The number of piperidine rings is 1. The topological polar surface area (TPSA) is 113 Å². The van der Waals surface area contributed by atoms with Crippen LogP contribution in [0.5, 0.6) is 0 Å². The van der Waals surface area contributed by atoms with E-state index in [1.807, 2.05) is 0 Å². The Morgan fingerprint density at radius 2 is 1.86 bits per heavy atom. The molecule has 2 aromatic carbocycles. The van der Waals surface area contributed by atoms with E-state index < -0.39 is 22.0 Å². The van der Waals surface area contributed by atoms with E-state index in [2.05, 4.69) is 10.0 Å². The quantitative estimate of drug-likeness (QED) is 0.739. The third-order valence-electron chi connectivity index (χ3n) is 5.16. The highest BCUT2D eigenvalue weighted by Crippen LogP contribution is 2.30. The molecular weight excluding hydrogens is 394 g/mol. The second kappa shape index (κ2) is 7.00. The van der Waals surface area contributed by atoms with E-state index in [9.17, 15) is 22.8 Å². The number of carbonyl (C=O) groups excluding carboxylic acids is 3. The van der Waals surface area contributed by atoms with Crippen LogP contribution in [0.25, 0.3) is 0 Å². The van der Waals surface area contributed by atoms with Gasteiger partial charge >= 0.3 is 0 Å². The van der Waals surface area contributed by atoms with Gasteiger partial charge in [-0.15, -0.1) is 0 Å². The molecular formula is C20H19N3O5S. The first-order chi connectivity index (χ1) is 13.8. The molecule has 1 unspecified atom stereocenters. The fourth-order valence-corrected chi connectivity index (χ4v) is 4.98. The second-order valence-electron chi connectivity index (χ2n) is 7.14. The number of benzene rings is 2. The number of nitrogens with zero attached hydrogens (tertiary/aromatic N) is 1. The van der Waals surface area contributed by atoms with Crippen LogP contribution in [0.3, 0.4) is 0 Å². The number of anilines is 1. The SMILES string of the molecule is Cc1ccccc1S(=O)(=O)Nc1ccc2c(c1)C(=O)N(C1CCC(=O)NC1=O)C2. The lowest BCUT2D eigenvalue weighted by atomic mass is 10.0. The van der Waals surface area contributed by atoms with Gasteiger partial charge in [-0.05, 0) is 42.7 Å². The number of sulfonamides is 1. The molecule has 9 heteroatoms. The minimum Gasteiger partial charge on any atom is -0.322 e. The van der Waals surface area contributed by atoms with Crippen LogP contribution in [-0.4, -0.2) is 37.1 Å². The van der Waals surface area contributed by atoms with Crippen molar-refractivity contribution in [2.45, 2.75) is 37.2 Å². The Kier molecular flexibility index (Phi) is 4.62. The van der Waals surface area contributed by atoms with Crippen molar-refractivity contribution in [1.29, 1.82) is 0 Å². The number of amides is 3. The van der Waals surface area contributed by atoms with Gasteiger partial charge in [0.1, 0.15) is 6.04 Å². The van der Waals surface area contributed by atoms with E-state index in [1.54, 1.807) is 37.3 Å². The van der Waals surface area contributed by atoms with Crippen LogP contribution in [0, 0.1) is 6.92 Å². The minimum absolute atomic E-state index is 0.164. The molecule has 150 valence electrons. The summed E-state index contributed by atoms with van der Waals surface area (Å²) < 4.78 is 27.9. The van der Waals surface area contributed by atoms with Gasteiger partial charge in [-0.2, -0.15) is 0 Å². The fraction of sp³-hybridized carbons (Fsp3) is 0.250. The van der Waals surface area contributed by atoms with Gasteiger partial charge in [0.05, 0.1) is 4.90 Å². The molecule has 1 atom stereocenters. The maximum Gasteiger partial charge on any atom is 0.262 e. The number of rotatable bonds is 4. The standard InChI is InChI=1S/C20H19N3O5S/c1-12-4-2-3-5-17(12)29(27,28)22-14-7-6-13-11-23(20(26)15(13)10-14)16-8-9-18(24)21-19(16)25/h2-7,10,16,22H,8-9,11H2,1H3,(H,21,24,25). The largest absolute Gasteiger partial charge is 0.322 e. The first-order valence-corrected chi connectivity index (χ1v) is 10.6. The average molecular weight is 413 g/mol. The van der Waals surface area contributed by atoms with Crippen LogP contribution in [0.1, 0.15) is 34.3 Å². The molecule has 0 bridgehead atoms. The van der Waals surface area contributed by atoms with Crippen molar-refractivity contribution < 1.29 is 22.8 Å². The lowest BCUT2D eigenvalue weighted by molar-refractivity contribution is -0.136. The van der Waals surface area contributed by atoms with Crippen LogP contribution in [-0.2, 0) is 26.2 Å². The number of carbonyl (C=O) groups is 3. The number of imide groups is 1. The highest BCUT2D eigenvalue weighted by molar-refractivity contribution is 7.92.